The normalized spacial score (nSPS) is 20.2. The molecule has 5 heteroatoms. The predicted octanol–water partition coefficient (Wildman–Crippen LogP) is 7.80. The number of pyridine rings is 1. The maximum Gasteiger partial charge on any atom is 0.153 e. The summed E-state index contributed by atoms with van der Waals surface area (Å²) in [5.41, 5.74) is 5.05. The van der Waals surface area contributed by atoms with Crippen molar-refractivity contribution >= 4 is 39.9 Å². The molecule has 1 atom stereocenters. The Hall–Kier alpha value is -1.71. The predicted molar refractivity (Wildman–Crippen MR) is 136 cm³/mol. The zero-order valence-electron chi connectivity index (χ0n) is 19.2. The second-order valence-electron chi connectivity index (χ2n) is 9.82. The van der Waals surface area contributed by atoms with Crippen molar-refractivity contribution in [3.63, 3.8) is 0 Å². The van der Waals surface area contributed by atoms with Crippen LogP contribution in [-0.4, -0.2) is 22.6 Å². The van der Waals surface area contributed by atoms with Gasteiger partial charge in [0.1, 0.15) is 0 Å². The van der Waals surface area contributed by atoms with E-state index in [4.69, 9.17) is 28.2 Å². The van der Waals surface area contributed by atoms with Crippen molar-refractivity contribution in [2.24, 2.45) is 11.8 Å². The first-order valence-corrected chi connectivity index (χ1v) is 12.9. The van der Waals surface area contributed by atoms with E-state index in [1.807, 2.05) is 18.3 Å². The van der Waals surface area contributed by atoms with Crippen LogP contribution in [0.25, 0.3) is 10.9 Å². The molecular weight excluding hydrogens is 437 g/mol. The van der Waals surface area contributed by atoms with E-state index < -0.39 is 0 Å². The van der Waals surface area contributed by atoms with Gasteiger partial charge in [-0.15, -0.1) is 0 Å². The molecule has 2 fully saturated rings. The summed E-state index contributed by atoms with van der Waals surface area (Å²) in [6, 6.07) is 8.13. The van der Waals surface area contributed by atoms with E-state index in [0.29, 0.717) is 10.0 Å². The molecule has 0 radical (unpaired) electrons. The van der Waals surface area contributed by atoms with Crippen LogP contribution in [0.2, 0.25) is 10.0 Å². The monoisotopic (exact) mass is 469 g/mol. The highest BCUT2D eigenvalue weighted by Gasteiger charge is 2.30. The van der Waals surface area contributed by atoms with E-state index in [0.717, 1.165) is 42.9 Å². The quantitative estimate of drug-likeness (QED) is 0.388. The molecule has 32 heavy (non-hydrogen) atoms. The fourth-order valence-electron chi connectivity index (χ4n) is 6.02. The van der Waals surface area contributed by atoms with Crippen molar-refractivity contribution in [1.29, 1.82) is 0 Å². The van der Waals surface area contributed by atoms with Gasteiger partial charge in [0.2, 0.25) is 0 Å². The number of rotatable bonds is 4. The van der Waals surface area contributed by atoms with Gasteiger partial charge in [-0.25, -0.2) is 4.98 Å². The topological polar surface area (TPSA) is 21.1 Å². The Balaban J connectivity index is 1.52. The minimum absolute atomic E-state index is 0.602. The molecule has 1 unspecified atom stereocenters. The SMILES string of the molecule is Cc1c(C)n(Cc2ccc(Cl)c(Cl)c2)c2c(N3CCCC(C4CCCCC4)C3)nccc12. The lowest BCUT2D eigenvalue weighted by atomic mass is 9.76. The Labute approximate surface area is 201 Å². The van der Waals surface area contributed by atoms with Crippen LogP contribution in [0.15, 0.2) is 30.5 Å². The highest BCUT2D eigenvalue weighted by atomic mass is 35.5. The third-order valence-electron chi connectivity index (χ3n) is 7.93. The van der Waals surface area contributed by atoms with Crippen LogP contribution in [0.5, 0.6) is 0 Å². The Morgan fingerprint density at radius 1 is 0.938 bits per heavy atom. The number of hydrogen-bond donors (Lipinski definition) is 0. The van der Waals surface area contributed by atoms with Gasteiger partial charge in [-0.05, 0) is 67.9 Å². The Morgan fingerprint density at radius 2 is 1.72 bits per heavy atom. The highest BCUT2D eigenvalue weighted by Crippen LogP contribution is 2.38. The maximum absolute atomic E-state index is 6.32. The van der Waals surface area contributed by atoms with Crippen molar-refractivity contribution in [1.82, 2.24) is 9.55 Å². The molecule has 0 amide bonds. The number of benzene rings is 1. The number of nitrogens with zero attached hydrogens (tertiary/aromatic N) is 3. The summed E-state index contributed by atoms with van der Waals surface area (Å²) in [4.78, 5) is 7.54. The number of anilines is 1. The van der Waals surface area contributed by atoms with Crippen molar-refractivity contribution in [3.8, 4) is 0 Å². The van der Waals surface area contributed by atoms with Crippen molar-refractivity contribution in [2.75, 3.05) is 18.0 Å². The Bertz CT molecular complexity index is 1110. The number of aromatic nitrogens is 2. The Morgan fingerprint density at radius 3 is 2.50 bits per heavy atom. The van der Waals surface area contributed by atoms with Crippen molar-refractivity contribution < 1.29 is 0 Å². The molecule has 1 aliphatic carbocycles. The van der Waals surface area contributed by atoms with Gasteiger partial charge in [0.15, 0.2) is 5.82 Å². The van der Waals surface area contributed by atoms with E-state index >= 15 is 0 Å². The van der Waals surface area contributed by atoms with Gasteiger partial charge in [0.05, 0.1) is 15.6 Å². The maximum atomic E-state index is 6.32. The third kappa shape index (κ3) is 4.15. The van der Waals surface area contributed by atoms with Gasteiger partial charge in [0.25, 0.3) is 0 Å². The summed E-state index contributed by atoms with van der Waals surface area (Å²) in [6.07, 6.45) is 11.7. The smallest absolute Gasteiger partial charge is 0.153 e. The molecular formula is C27H33Cl2N3. The number of piperidine rings is 1. The first kappa shape index (κ1) is 22.1. The Kier molecular flexibility index (Phi) is 6.40. The first-order chi connectivity index (χ1) is 15.5. The summed E-state index contributed by atoms with van der Waals surface area (Å²) >= 11 is 12.5. The summed E-state index contributed by atoms with van der Waals surface area (Å²) < 4.78 is 2.43. The fraction of sp³-hybridized carbons (Fsp3) is 0.519. The average Bonchev–Trinajstić information content (AvgIpc) is 3.07. The molecule has 3 heterocycles. The second kappa shape index (κ2) is 9.27. The lowest BCUT2D eigenvalue weighted by Crippen LogP contribution is -2.39. The number of aryl methyl sites for hydroxylation is 1. The van der Waals surface area contributed by atoms with Crippen LogP contribution < -0.4 is 4.90 Å². The van der Waals surface area contributed by atoms with E-state index in [1.54, 1.807) is 0 Å². The fourth-order valence-corrected chi connectivity index (χ4v) is 6.34. The standard InChI is InChI=1S/C27H33Cl2N3/c1-18-19(2)32(16-20-10-11-24(28)25(29)15-20)26-23(18)12-13-30-27(26)31-14-6-9-22(17-31)21-7-4-3-5-8-21/h10-13,15,21-22H,3-9,14,16-17H2,1-2H3. The van der Waals surface area contributed by atoms with Crippen LogP contribution in [0.4, 0.5) is 5.82 Å². The summed E-state index contributed by atoms with van der Waals surface area (Å²) in [6.45, 7) is 7.47. The number of hydrogen-bond acceptors (Lipinski definition) is 2. The average molecular weight is 470 g/mol. The number of fused-ring (bicyclic) bond motifs is 1. The largest absolute Gasteiger partial charge is 0.355 e. The minimum atomic E-state index is 0.602. The summed E-state index contributed by atoms with van der Waals surface area (Å²) in [5, 5.41) is 2.53. The van der Waals surface area contributed by atoms with Crippen LogP contribution >= 0.6 is 23.2 Å². The van der Waals surface area contributed by atoms with Gasteiger partial charge in [-0.2, -0.15) is 0 Å². The first-order valence-electron chi connectivity index (χ1n) is 12.2. The minimum Gasteiger partial charge on any atom is -0.355 e. The van der Waals surface area contributed by atoms with E-state index in [-0.39, 0.29) is 0 Å². The molecule has 1 aliphatic heterocycles. The van der Waals surface area contributed by atoms with Crippen LogP contribution in [-0.2, 0) is 6.54 Å². The lowest BCUT2D eigenvalue weighted by molar-refractivity contribution is 0.220. The summed E-state index contributed by atoms with van der Waals surface area (Å²) in [7, 11) is 0. The van der Waals surface area contributed by atoms with Gasteiger partial charge in [-0.1, -0.05) is 61.4 Å². The molecule has 2 aliphatic rings. The molecule has 3 nitrogen and oxygen atoms in total. The molecule has 0 bridgehead atoms. The zero-order chi connectivity index (χ0) is 22.2. The van der Waals surface area contributed by atoms with Gasteiger partial charge in [-0.3, -0.25) is 0 Å². The number of halogens is 2. The molecule has 170 valence electrons. The molecule has 2 aromatic heterocycles. The van der Waals surface area contributed by atoms with Crippen LogP contribution in [0, 0.1) is 25.7 Å². The highest BCUT2D eigenvalue weighted by molar-refractivity contribution is 6.42. The molecule has 0 spiro atoms. The van der Waals surface area contributed by atoms with Crippen molar-refractivity contribution in [2.45, 2.75) is 65.3 Å². The second-order valence-corrected chi connectivity index (χ2v) is 10.6. The lowest BCUT2D eigenvalue weighted by Gasteiger charge is -2.39. The zero-order valence-corrected chi connectivity index (χ0v) is 20.7. The van der Waals surface area contributed by atoms with E-state index in [9.17, 15) is 0 Å². The third-order valence-corrected chi connectivity index (χ3v) is 8.66. The molecule has 5 rings (SSSR count). The van der Waals surface area contributed by atoms with Gasteiger partial charge in [0, 0.05) is 36.9 Å². The van der Waals surface area contributed by atoms with E-state index in [1.165, 1.54) is 67.1 Å². The molecule has 1 saturated carbocycles. The van der Waals surface area contributed by atoms with Crippen LogP contribution in [0.3, 0.4) is 0 Å². The van der Waals surface area contributed by atoms with Crippen molar-refractivity contribution in [3.05, 3.63) is 57.3 Å². The van der Waals surface area contributed by atoms with Crippen LogP contribution in [0.1, 0.15) is 61.8 Å². The van der Waals surface area contributed by atoms with Gasteiger partial charge < -0.3 is 9.47 Å². The van der Waals surface area contributed by atoms with E-state index in [2.05, 4.69) is 35.4 Å². The molecule has 3 aromatic rings. The van der Waals surface area contributed by atoms with Gasteiger partial charge >= 0.3 is 0 Å². The molecule has 1 saturated heterocycles. The molecule has 0 N–H and O–H groups in total. The molecule has 1 aromatic carbocycles. The summed E-state index contributed by atoms with van der Waals surface area (Å²) in [5.74, 6) is 2.86.